The number of carbonyl (C=O) groups is 1. The van der Waals surface area contributed by atoms with Gasteiger partial charge in [-0.15, -0.1) is 0 Å². The van der Waals surface area contributed by atoms with Crippen molar-refractivity contribution >= 4 is 33.2 Å². The van der Waals surface area contributed by atoms with E-state index in [0.717, 1.165) is 19.3 Å². The minimum absolute atomic E-state index is 0.0816. The Hall–Kier alpha value is -2.05. The van der Waals surface area contributed by atoms with Gasteiger partial charge in [0.2, 0.25) is 0 Å². The van der Waals surface area contributed by atoms with E-state index in [0.29, 0.717) is 16.3 Å². The van der Waals surface area contributed by atoms with Crippen molar-refractivity contribution < 1.29 is 13.2 Å². The zero-order chi connectivity index (χ0) is 20.5. The van der Waals surface area contributed by atoms with E-state index in [1.165, 1.54) is 23.5 Å². The average molecular weight is 421 g/mol. The van der Waals surface area contributed by atoms with Crippen molar-refractivity contribution in [3.8, 4) is 0 Å². The van der Waals surface area contributed by atoms with Crippen LogP contribution in [0.25, 0.3) is 0 Å². The maximum Gasteiger partial charge on any atom is 0.264 e. The van der Waals surface area contributed by atoms with Crippen molar-refractivity contribution in [1.29, 1.82) is 0 Å². The minimum Gasteiger partial charge on any atom is -0.333 e. The topological polar surface area (TPSA) is 57.7 Å². The molecule has 28 heavy (non-hydrogen) atoms. The smallest absolute Gasteiger partial charge is 0.264 e. The molecule has 1 heterocycles. The first-order valence-electron chi connectivity index (χ1n) is 9.39. The minimum atomic E-state index is -3.82. The van der Waals surface area contributed by atoms with E-state index in [4.69, 9.17) is 11.6 Å². The molecule has 0 aliphatic carbocycles. The Morgan fingerprint density at radius 3 is 2.36 bits per heavy atom. The molecule has 150 valence electrons. The maximum atomic E-state index is 13.1. The molecular weight excluding hydrogens is 396 g/mol. The second-order valence-corrected chi connectivity index (χ2v) is 9.73. The first-order valence-corrected chi connectivity index (χ1v) is 11.2. The Bertz CT molecular complexity index is 967. The van der Waals surface area contributed by atoms with E-state index in [2.05, 4.69) is 0 Å². The van der Waals surface area contributed by atoms with Crippen molar-refractivity contribution in [2.75, 3.05) is 11.4 Å². The molecule has 2 unspecified atom stereocenters. The highest BCUT2D eigenvalue weighted by Gasteiger charge is 2.30. The van der Waals surface area contributed by atoms with Crippen LogP contribution in [0.4, 0.5) is 5.69 Å². The van der Waals surface area contributed by atoms with Gasteiger partial charge >= 0.3 is 0 Å². The van der Waals surface area contributed by atoms with Crippen molar-refractivity contribution in [2.24, 2.45) is 0 Å². The van der Waals surface area contributed by atoms with Gasteiger partial charge in [-0.2, -0.15) is 0 Å². The lowest BCUT2D eigenvalue weighted by molar-refractivity contribution is 0.0510. The number of nitrogens with zero attached hydrogens (tertiary/aromatic N) is 2. The number of likely N-dealkylation sites (tertiary alicyclic amines) is 1. The summed E-state index contributed by atoms with van der Waals surface area (Å²) in [7, 11) is -2.34. The van der Waals surface area contributed by atoms with Gasteiger partial charge in [-0.3, -0.25) is 9.10 Å². The summed E-state index contributed by atoms with van der Waals surface area (Å²) in [5.41, 5.74) is 0.851. The van der Waals surface area contributed by atoms with E-state index in [1.54, 1.807) is 36.4 Å². The van der Waals surface area contributed by atoms with Crippen LogP contribution in [0.15, 0.2) is 53.4 Å². The van der Waals surface area contributed by atoms with Crippen LogP contribution in [-0.2, 0) is 10.0 Å². The van der Waals surface area contributed by atoms with Gasteiger partial charge in [0.1, 0.15) is 0 Å². The molecule has 1 saturated heterocycles. The Balaban J connectivity index is 1.93. The number of piperidine rings is 1. The van der Waals surface area contributed by atoms with Gasteiger partial charge in [0.05, 0.1) is 10.6 Å². The highest BCUT2D eigenvalue weighted by atomic mass is 35.5. The van der Waals surface area contributed by atoms with E-state index >= 15 is 0 Å². The molecule has 2 aromatic rings. The second-order valence-electron chi connectivity index (χ2n) is 7.32. The molecule has 2 aromatic carbocycles. The Morgan fingerprint density at radius 1 is 1.07 bits per heavy atom. The predicted molar refractivity (Wildman–Crippen MR) is 112 cm³/mol. The Labute approximate surface area is 172 Å². The van der Waals surface area contributed by atoms with Crippen molar-refractivity contribution in [3.05, 3.63) is 59.1 Å². The summed E-state index contributed by atoms with van der Waals surface area (Å²) in [6.45, 7) is 4.09. The third kappa shape index (κ3) is 4.03. The maximum absolute atomic E-state index is 13.1. The molecule has 0 spiro atoms. The standard InChI is InChI=1S/C21H25ClN2O3S/c1-15-7-4-8-16(2)24(15)21(25)17-9-5-12-20(13-17)28(26,27)23(3)19-11-6-10-18(22)14-19/h5-6,9-16H,4,7-8H2,1-3H3. The molecule has 1 fully saturated rings. The lowest BCUT2D eigenvalue weighted by Gasteiger charge is -2.39. The van der Waals surface area contributed by atoms with Crippen molar-refractivity contribution in [3.63, 3.8) is 0 Å². The van der Waals surface area contributed by atoms with Gasteiger partial charge in [-0.05, 0) is 69.5 Å². The number of amides is 1. The van der Waals surface area contributed by atoms with Gasteiger partial charge in [-0.1, -0.05) is 23.7 Å². The molecule has 1 amide bonds. The van der Waals surface area contributed by atoms with Crippen LogP contribution < -0.4 is 4.31 Å². The summed E-state index contributed by atoms with van der Waals surface area (Å²) in [5.74, 6) is -0.123. The number of hydrogen-bond acceptors (Lipinski definition) is 3. The Morgan fingerprint density at radius 2 is 1.71 bits per heavy atom. The van der Waals surface area contributed by atoms with Crippen molar-refractivity contribution in [2.45, 2.75) is 50.1 Å². The molecule has 0 N–H and O–H groups in total. The second kappa shape index (κ2) is 8.13. The monoisotopic (exact) mass is 420 g/mol. The number of hydrogen-bond donors (Lipinski definition) is 0. The third-order valence-corrected chi connectivity index (χ3v) is 7.36. The molecule has 0 saturated carbocycles. The molecule has 2 atom stereocenters. The van der Waals surface area contributed by atoms with Crippen LogP contribution in [0.5, 0.6) is 0 Å². The van der Waals surface area contributed by atoms with Crippen LogP contribution in [0.3, 0.4) is 0 Å². The summed E-state index contributed by atoms with van der Waals surface area (Å²) in [5, 5.41) is 0.455. The van der Waals surface area contributed by atoms with Gasteiger partial charge in [-0.25, -0.2) is 8.42 Å². The summed E-state index contributed by atoms with van der Waals surface area (Å²) in [4.78, 5) is 15.0. The van der Waals surface area contributed by atoms with Crippen LogP contribution in [-0.4, -0.2) is 38.4 Å². The van der Waals surface area contributed by atoms with Crippen LogP contribution in [0, 0.1) is 0 Å². The van der Waals surface area contributed by atoms with E-state index in [-0.39, 0.29) is 22.9 Å². The summed E-state index contributed by atoms with van der Waals surface area (Å²) < 4.78 is 27.3. The normalized spacial score (nSPS) is 20.1. The zero-order valence-electron chi connectivity index (χ0n) is 16.3. The lowest BCUT2D eigenvalue weighted by Crippen LogP contribution is -2.47. The summed E-state index contributed by atoms with van der Waals surface area (Å²) in [6, 6.07) is 13.2. The average Bonchev–Trinajstić information content (AvgIpc) is 2.67. The number of carbonyl (C=O) groups excluding carboxylic acids is 1. The molecule has 3 rings (SSSR count). The van der Waals surface area contributed by atoms with E-state index in [1.807, 2.05) is 18.7 Å². The van der Waals surface area contributed by atoms with Crippen LogP contribution in [0.1, 0.15) is 43.5 Å². The van der Waals surface area contributed by atoms with Crippen molar-refractivity contribution in [1.82, 2.24) is 4.90 Å². The highest BCUT2D eigenvalue weighted by Crippen LogP contribution is 2.27. The first kappa shape index (κ1) is 20.7. The first-order chi connectivity index (χ1) is 13.2. The number of rotatable bonds is 4. The van der Waals surface area contributed by atoms with Gasteiger partial charge in [0.15, 0.2) is 0 Å². The quantitative estimate of drug-likeness (QED) is 0.728. The third-order valence-electron chi connectivity index (χ3n) is 5.34. The zero-order valence-corrected chi connectivity index (χ0v) is 17.9. The lowest BCUT2D eigenvalue weighted by atomic mass is 9.96. The molecule has 1 aliphatic rings. The van der Waals surface area contributed by atoms with Gasteiger partial charge < -0.3 is 4.90 Å². The molecule has 5 nitrogen and oxygen atoms in total. The molecule has 0 bridgehead atoms. The number of halogens is 1. The van der Waals surface area contributed by atoms with Crippen LogP contribution in [0.2, 0.25) is 5.02 Å². The molecule has 1 aliphatic heterocycles. The fraction of sp³-hybridized carbons (Fsp3) is 0.381. The van der Waals surface area contributed by atoms with Crippen LogP contribution >= 0.6 is 11.6 Å². The number of sulfonamides is 1. The Kier molecular flexibility index (Phi) is 6.01. The molecule has 7 heteroatoms. The fourth-order valence-electron chi connectivity index (χ4n) is 3.73. The SMILES string of the molecule is CC1CCCC(C)N1C(=O)c1cccc(S(=O)(=O)N(C)c2cccc(Cl)c2)c1. The number of anilines is 1. The van der Waals surface area contributed by atoms with E-state index in [9.17, 15) is 13.2 Å². The predicted octanol–water partition coefficient (Wildman–Crippen LogP) is 4.57. The molecule has 0 aromatic heterocycles. The van der Waals surface area contributed by atoms with E-state index < -0.39 is 10.0 Å². The molecular formula is C21H25ClN2O3S. The summed E-state index contributed by atoms with van der Waals surface area (Å²) in [6.07, 6.45) is 3.03. The number of benzene rings is 2. The van der Waals surface area contributed by atoms with Gasteiger partial charge in [0.25, 0.3) is 15.9 Å². The highest BCUT2D eigenvalue weighted by molar-refractivity contribution is 7.92. The fourth-order valence-corrected chi connectivity index (χ4v) is 5.15. The molecule has 0 radical (unpaired) electrons. The van der Waals surface area contributed by atoms with Gasteiger partial charge in [0, 0.05) is 29.7 Å². The largest absolute Gasteiger partial charge is 0.333 e. The summed E-state index contributed by atoms with van der Waals surface area (Å²) >= 11 is 5.99.